The van der Waals surface area contributed by atoms with Gasteiger partial charge in [0.2, 0.25) is 11.1 Å². The maximum absolute atomic E-state index is 12.6. The number of nitrogens with zero attached hydrogens (tertiary/aromatic N) is 4. The summed E-state index contributed by atoms with van der Waals surface area (Å²) in [6, 6.07) is 15.9. The van der Waals surface area contributed by atoms with Gasteiger partial charge in [-0.05, 0) is 38.0 Å². The van der Waals surface area contributed by atoms with Crippen molar-refractivity contribution in [3.63, 3.8) is 0 Å². The van der Waals surface area contributed by atoms with Gasteiger partial charge in [0.05, 0.1) is 11.8 Å². The van der Waals surface area contributed by atoms with E-state index in [0.717, 1.165) is 16.9 Å². The molecule has 30 heavy (non-hydrogen) atoms. The minimum absolute atomic E-state index is 0.00701. The Morgan fingerprint density at radius 3 is 2.63 bits per heavy atom. The number of benzene rings is 2. The van der Waals surface area contributed by atoms with Crippen LogP contribution in [0, 0.1) is 13.8 Å². The first-order chi connectivity index (χ1) is 14.4. The number of nitrogen functional groups attached to an aromatic ring is 1. The molecular weight excluding hydrogens is 398 g/mol. The largest absolute Gasteiger partial charge is 0.485 e. The molecule has 3 rings (SSSR count). The maximum atomic E-state index is 12.6. The Labute approximate surface area is 181 Å². The zero-order valence-corrected chi connectivity index (χ0v) is 18.5. The van der Waals surface area contributed by atoms with Crippen molar-refractivity contribution in [2.75, 3.05) is 18.6 Å². The lowest BCUT2D eigenvalue weighted by Crippen LogP contribution is -2.31. The van der Waals surface area contributed by atoms with Crippen LogP contribution in [0.3, 0.4) is 0 Å². The lowest BCUT2D eigenvalue weighted by atomic mass is 10.1. The van der Waals surface area contributed by atoms with Gasteiger partial charge in [0, 0.05) is 7.05 Å². The van der Waals surface area contributed by atoms with Gasteiger partial charge in [-0.2, -0.15) is 0 Å². The van der Waals surface area contributed by atoms with Gasteiger partial charge in [-0.25, -0.2) is 4.68 Å². The van der Waals surface area contributed by atoms with Crippen molar-refractivity contribution in [1.29, 1.82) is 0 Å². The fourth-order valence-corrected chi connectivity index (χ4v) is 3.81. The van der Waals surface area contributed by atoms with Crippen LogP contribution >= 0.6 is 11.8 Å². The van der Waals surface area contributed by atoms with Gasteiger partial charge in [0.25, 0.3) is 0 Å². The number of amides is 1. The third-order valence-electron chi connectivity index (χ3n) is 5.00. The van der Waals surface area contributed by atoms with Crippen LogP contribution in [-0.4, -0.2) is 38.5 Å². The van der Waals surface area contributed by atoms with Crippen LogP contribution in [0.1, 0.15) is 35.5 Å². The summed E-state index contributed by atoms with van der Waals surface area (Å²) in [6.07, 6.45) is 0. The van der Waals surface area contributed by atoms with Crippen molar-refractivity contribution in [3.8, 4) is 5.75 Å². The number of hydrogen-bond acceptors (Lipinski definition) is 6. The standard InChI is InChI=1S/C22H27N5O2S/c1-15-10-11-19(16(2)12-15)29-13-20-24-25-22(27(20)23)30-14-21(28)26(4)17(3)18-8-6-5-7-9-18/h5-12,17H,13-14,23H2,1-4H3/t17-/m1/s1. The third kappa shape index (κ3) is 5.13. The summed E-state index contributed by atoms with van der Waals surface area (Å²) >= 11 is 1.26. The second kappa shape index (κ2) is 9.67. The van der Waals surface area contributed by atoms with Crippen molar-refractivity contribution in [1.82, 2.24) is 19.8 Å². The van der Waals surface area contributed by atoms with Gasteiger partial charge in [0.15, 0.2) is 5.82 Å². The van der Waals surface area contributed by atoms with E-state index in [0.29, 0.717) is 11.0 Å². The summed E-state index contributed by atoms with van der Waals surface area (Å²) in [6.45, 7) is 6.24. The van der Waals surface area contributed by atoms with E-state index in [1.54, 1.807) is 11.9 Å². The molecule has 0 saturated carbocycles. The molecule has 1 atom stereocenters. The molecule has 1 heterocycles. The quantitative estimate of drug-likeness (QED) is 0.439. The van der Waals surface area contributed by atoms with Crippen LogP contribution in [-0.2, 0) is 11.4 Å². The molecule has 7 nitrogen and oxygen atoms in total. The van der Waals surface area contributed by atoms with Crippen molar-refractivity contribution >= 4 is 17.7 Å². The Bertz CT molecular complexity index is 1010. The van der Waals surface area contributed by atoms with Crippen LogP contribution in [0.5, 0.6) is 5.75 Å². The minimum atomic E-state index is -0.0169. The fraction of sp³-hybridized carbons (Fsp3) is 0.318. The highest BCUT2D eigenvalue weighted by Gasteiger charge is 2.19. The van der Waals surface area contributed by atoms with Gasteiger partial charge in [-0.3, -0.25) is 4.79 Å². The van der Waals surface area contributed by atoms with Gasteiger partial charge in [-0.1, -0.05) is 59.8 Å². The molecule has 158 valence electrons. The molecule has 8 heteroatoms. The predicted octanol–water partition coefficient (Wildman–Crippen LogP) is 3.50. The van der Waals surface area contributed by atoms with E-state index in [-0.39, 0.29) is 24.3 Å². The van der Waals surface area contributed by atoms with E-state index >= 15 is 0 Å². The zero-order valence-electron chi connectivity index (χ0n) is 17.7. The monoisotopic (exact) mass is 425 g/mol. The molecule has 0 fully saturated rings. The number of hydrogen-bond donors (Lipinski definition) is 1. The topological polar surface area (TPSA) is 86.3 Å². The van der Waals surface area contributed by atoms with Crippen LogP contribution in [0.25, 0.3) is 0 Å². The normalized spacial score (nSPS) is 11.9. The number of rotatable bonds is 8. The first kappa shape index (κ1) is 21.7. The van der Waals surface area contributed by atoms with E-state index in [1.165, 1.54) is 22.0 Å². The Kier molecular flexibility index (Phi) is 6.99. The summed E-state index contributed by atoms with van der Waals surface area (Å²) in [5.41, 5.74) is 3.32. The summed E-state index contributed by atoms with van der Waals surface area (Å²) in [5, 5.41) is 8.68. The average Bonchev–Trinajstić information content (AvgIpc) is 3.10. The smallest absolute Gasteiger partial charge is 0.233 e. The Balaban J connectivity index is 1.56. The SMILES string of the molecule is Cc1ccc(OCc2nnc(SCC(=O)N(C)[C@H](C)c3ccccc3)n2N)c(C)c1. The van der Waals surface area contributed by atoms with Crippen LogP contribution in [0.2, 0.25) is 0 Å². The Morgan fingerprint density at radius 1 is 1.20 bits per heavy atom. The van der Waals surface area contributed by atoms with E-state index in [2.05, 4.69) is 16.3 Å². The summed E-state index contributed by atoms with van der Waals surface area (Å²) < 4.78 is 7.21. The molecule has 0 unspecified atom stereocenters. The summed E-state index contributed by atoms with van der Waals surface area (Å²) in [5.74, 6) is 7.60. The number of ether oxygens (including phenoxy) is 1. The van der Waals surface area contributed by atoms with Crippen LogP contribution < -0.4 is 10.6 Å². The molecular formula is C22H27N5O2S. The second-order valence-electron chi connectivity index (χ2n) is 7.21. The van der Waals surface area contributed by atoms with Gasteiger partial charge >= 0.3 is 0 Å². The average molecular weight is 426 g/mol. The van der Waals surface area contributed by atoms with Gasteiger partial charge < -0.3 is 15.5 Å². The molecule has 0 saturated heterocycles. The molecule has 0 bridgehead atoms. The molecule has 3 aromatic rings. The summed E-state index contributed by atoms with van der Waals surface area (Å²) in [7, 11) is 1.80. The molecule has 0 radical (unpaired) electrons. The first-order valence-electron chi connectivity index (χ1n) is 9.69. The molecule has 2 aromatic carbocycles. The van der Waals surface area contributed by atoms with E-state index in [1.807, 2.05) is 63.2 Å². The highest BCUT2D eigenvalue weighted by molar-refractivity contribution is 7.99. The number of thioether (sulfide) groups is 1. The molecule has 0 aliphatic heterocycles. The van der Waals surface area contributed by atoms with Gasteiger partial charge in [-0.15, -0.1) is 10.2 Å². The molecule has 1 amide bonds. The Hall–Kier alpha value is -3.00. The van der Waals surface area contributed by atoms with E-state index in [4.69, 9.17) is 10.6 Å². The minimum Gasteiger partial charge on any atom is -0.485 e. The fourth-order valence-electron chi connectivity index (χ4n) is 3.01. The lowest BCUT2D eigenvalue weighted by Gasteiger charge is -2.25. The number of carbonyl (C=O) groups is 1. The van der Waals surface area contributed by atoms with Crippen molar-refractivity contribution in [2.24, 2.45) is 0 Å². The number of aromatic nitrogens is 3. The molecule has 0 spiro atoms. The molecule has 1 aromatic heterocycles. The van der Waals surface area contributed by atoms with E-state index in [9.17, 15) is 4.79 Å². The third-order valence-corrected chi connectivity index (χ3v) is 5.93. The number of nitrogens with two attached hydrogens (primary N) is 1. The predicted molar refractivity (Wildman–Crippen MR) is 119 cm³/mol. The van der Waals surface area contributed by atoms with Crippen molar-refractivity contribution < 1.29 is 9.53 Å². The number of carbonyl (C=O) groups excluding carboxylic acids is 1. The highest BCUT2D eigenvalue weighted by atomic mass is 32.2. The second-order valence-corrected chi connectivity index (χ2v) is 8.15. The molecule has 0 aliphatic carbocycles. The summed E-state index contributed by atoms with van der Waals surface area (Å²) in [4.78, 5) is 14.3. The van der Waals surface area contributed by atoms with Crippen LogP contribution in [0.4, 0.5) is 0 Å². The number of aryl methyl sites for hydroxylation is 2. The van der Waals surface area contributed by atoms with Gasteiger partial charge in [0.1, 0.15) is 12.4 Å². The highest BCUT2D eigenvalue weighted by Crippen LogP contribution is 2.22. The van der Waals surface area contributed by atoms with E-state index < -0.39 is 0 Å². The molecule has 0 aliphatic rings. The first-order valence-corrected chi connectivity index (χ1v) is 10.7. The van der Waals surface area contributed by atoms with Crippen molar-refractivity contribution in [2.45, 2.75) is 38.6 Å². The van der Waals surface area contributed by atoms with Crippen LogP contribution in [0.15, 0.2) is 53.7 Å². The zero-order chi connectivity index (χ0) is 21.7. The lowest BCUT2D eigenvalue weighted by molar-refractivity contribution is -0.128. The Morgan fingerprint density at radius 2 is 1.93 bits per heavy atom. The molecule has 2 N–H and O–H groups in total. The maximum Gasteiger partial charge on any atom is 0.233 e. The van der Waals surface area contributed by atoms with Crippen molar-refractivity contribution in [3.05, 3.63) is 71.0 Å².